The largest absolute Gasteiger partial charge is 0.465 e. The van der Waals surface area contributed by atoms with Gasteiger partial charge in [0.2, 0.25) is 5.91 Å². The molecule has 1 N–H and O–H groups in total. The Bertz CT molecular complexity index is 694. The van der Waals surface area contributed by atoms with Crippen molar-refractivity contribution in [2.45, 2.75) is 31.7 Å². The first kappa shape index (κ1) is 17.2. The fourth-order valence-electron chi connectivity index (χ4n) is 3.12. The molecule has 1 saturated heterocycles. The molecule has 1 aromatic rings. The van der Waals surface area contributed by atoms with Crippen LogP contribution in [-0.4, -0.2) is 43.0 Å². The number of nitrogens with one attached hydrogen (secondary N) is 1. The summed E-state index contributed by atoms with van der Waals surface area (Å²) in [5.41, 5.74) is 0.678. The lowest BCUT2D eigenvalue weighted by Gasteiger charge is -2.34. The van der Waals surface area contributed by atoms with Gasteiger partial charge in [-0.15, -0.1) is 0 Å². The number of carbonyl (C=O) groups is 2. The molecule has 1 aliphatic heterocycles. The number of ether oxygens (including phenoxy) is 1. The summed E-state index contributed by atoms with van der Waals surface area (Å²) in [5.74, 6) is -0.259. The molecule has 25 heavy (non-hydrogen) atoms. The Morgan fingerprint density at radius 1 is 1.24 bits per heavy atom. The average molecular weight is 347 g/mol. The van der Waals surface area contributed by atoms with Crippen molar-refractivity contribution < 1.29 is 19.2 Å². The molecule has 0 bridgehead atoms. The van der Waals surface area contributed by atoms with Gasteiger partial charge in [0.15, 0.2) is 0 Å². The van der Waals surface area contributed by atoms with Crippen LogP contribution in [0.5, 0.6) is 0 Å². The number of nitro benzene ring substituents is 1. The van der Waals surface area contributed by atoms with E-state index >= 15 is 0 Å². The summed E-state index contributed by atoms with van der Waals surface area (Å²) in [5, 5.41) is 14.0. The van der Waals surface area contributed by atoms with Gasteiger partial charge in [-0.25, -0.2) is 4.79 Å². The van der Waals surface area contributed by atoms with E-state index in [4.69, 9.17) is 4.74 Å². The highest BCUT2D eigenvalue weighted by Crippen LogP contribution is 2.31. The van der Waals surface area contributed by atoms with Gasteiger partial charge in [0, 0.05) is 37.2 Å². The Morgan fingerprint density at radius 2 is 1.92 bits per heavy atom. The molecule has 1 aliphatic carbocycles. The van der Waals surface area contributed by atoms with Crippen LogP contribution in [0.25, 0.3) is 0 Å². The first-order chi connectivity index (χ1) is 12.0. The number of piperidine rings is 1. The smallest absolute Gasteiger partial charge is 0.340 e. The Morgan fingerprint density at radius 3 is 2.48 bits per heavy atom. The normalized spacial score (nSPS) is 17.9. The van der Waals surface area contributed by atoms with Gasteiger partial charge in [0.25, 0.3) is 5.69 Å². The number of non-ortho nitro benzene ring substituents is 1. The third-order valence-corrected chi connectivity index (χ3v) is 4.73. The summed E-state index contributed by atoms with van der Waals surface area (Å²) in [6, 6.07) is 4.38. The molecule has 2 aliphatic rings. The van der Waals surface area contributed by atoms with E-state index in [9.17, 15) is 19.7 Å². The maximum atomic E-state index is 12.0. The first-order valence-electron chi connectivity index (χ1n) is 8.41. The highest BCUT2D eigenvalue weighted by Gasteiger charge is 2.32. The van der Waals surface area contributed by atoms with Crippen LogP contribution in [0, 0.1) is 16.0 Å². The lowest BCUT2D eigenvalue weighted by Crippen LogP contribution is -2.45. The number of hydrogen-bond donors (Lipinski definition) is 1. The molecule has 1 aromatic carbocycles. The fraction of sp³-hybridized carbons (Fsp3) is 0.529. The minimum atomic E-state index is -0.595. The molecule has 1 saturated carbocycles. The second-order valence-corrected chi connectivity index (χ2v) is 6.49. The molecule has 3 rings (SSSR count). The molecule has 134 valence electrons. The lowest BCUT2D eigenvalue weighted by atomic mass is 10.0. The van der Waals surface area contributed by atoms with Gasteiger partial charge >= 0.3 is 5.97 Å². The second-order valence-electron chi connectivity index (χ2n) is 6.49. The number of esters is 1. The quantitative estimate of drug-likeness (QED) is 0.496. The second kappa shape index (κ2) is 7.08. The predicted octanol–water partition coefficient (Wildman–Crippen LogP) is 1.88. The Hall–Kier alpha value is -2.64. The standard InChI is InChI=1S/C17H21N3O5/c1-25-17(22)14-10-13(20(23)24)4-5-15(14)19-8-6-12(7-9-19)18-16(21)11-2-3-11/h4-5,10-12H,2-3,6-9H2,1H3,(H,18,21). The van der Waals surface area contributed by atoms with Crippen molar-refractivity contribution in [3.05, 3.63) is 33.9 Å². The highest BCUT2D eigenvalue weighted by atomic mass is 16.6. The highest BCUT2D eigenvalue weighted by molar-refractivity contribution is 5.96. The zero-order valence-electron chi connectivity index (χ0n) is 14.1. The molecule has 0 atom stereocenters. The van der Waals surface area contributed by atoms with Gasteiger partial charge in [0.05, 0.1) is 23.3 Å². The van der Waals surface area contributed by atoms with E-state index in [2.05, 4.69) is 5.32 Å². The molecule has 1 amide bonds. The van der Waals surface area contributed by atoms with Crippen molar-refractivity contribution in [3.63, 3.8) is 0 Å². The van der Waals surface area contributed by atoms with E-state index in [1.54, 1.807) is 6.07 Å². The van der Waals surface area contributed by atoms with Crippen molar-refractivity contribution in [2.24, 2.45) is 5.92 Å². The Kier molecular flexibility index (Phi) is 4.87. The molecule has 8 nitrogen and oxygen atoms in total. The molecular weight excluding hydrogens is 326 g/mol. The molecule has 0 radical (unpaired) electrons. The Labute approximate surface area is 145 Å². The molecule has 0 aromatic heterocycles. The SMILES string of the molecule is COC(=O)c1cc([N+](=O)[O-])ccc1N1CCC(NC(=O)C2CC2)CC1. The number of benzene rings is 1. The molecule has 8 heteroatoms. The molecule has 1 heterocycles. The first-order valence-corrected chi connectivity index (χ1v) is 8.41. The van der Waals surface area contributed by atoms with Crippen LogP contribution >= 0.6 is 0 Å². The van der Waals surface area contributed by atoms with Crippen LogP contribution in [0.3, 0.4) is 0 Å². The van der Waals surface area contributed by atoms with E-state index in [0.717, 1.165) is 25.7 Å². The van der Waals surface area contributed by atoms with Crippen LogP contribution in [0.1, 0.15) is 36.0 Å². The van der Waals surface area contributed by atoms with E-state index in [1.165, 1.54) is 19.2 Å². The predicted molar refractivity (Wildman–Crippen MR) is 90.5 cm³/mol. The zero-order chi connectivity index (χ0) is 18.0. The number of carbonyl (C=O) groups excluding carboxylic acids is 2. The van der Waals surface area contributed by atoms with Gasteiger partial charge in [-0.2, -0.15) is 0 Å². The third kappa shape index (κ3) is 3.89. The van der Waals surface area contributed by atoms with Crippen LogP contribution in [-0.2, 0) is 9.53 Å². The van der Waals surface area contributed by atoms with Gasteiger partial charge in [-0.1, -0.05) is 0 Å². The van der Waals surface area contributed by atoms with Crippen LogP contribution in [0.2, 0.25) is 0 Å². The van der Waals surface area contributed by atoms with Crippen LogP contribution < -0.4 is 10.2 Å². The van der Waals surface area contributed by atoms with Crippen LogP contribution in [0.4, 0.5) is 11.4 Å². The number of nitrogens with zero attached hydrogens (tertiary/aromatic N) is 2. The van der Waals surface area contributed by atoms with Crippen molar-refractivity contribution in [2.75, 3.05) is 25.1 Å². The minimum Gasteiger partial charge on any atom is -0.465 e. The maximum absolute atomic E-state index is 12.0. The van der Waals surface area contributed by atoms with Gasteiger partial charge in [0.1, 0.15) is 0 Å². The summed E-state index contributed by atoms with van der Waals surface area (Å²) in [4.78, 5) is 36.3. The van der Waals surface area contributed by atoms with E-state index in [-0.39, 0.29) is 29.1 Å². The molecular formula is C17H21N3O5. The lowest BCUT2D eigenvalue weighted by molar-refractivity contribution is -0.384. The molecule has 0 unspecified atom stereocenters. The summed E-state index contributed by atoms with van der Waals surface area (Å²) in [6.07, 6.45) is 3.51. The monoisotopic (exact) mass is 347 g/mol. The van der Waals surface area contributed by atoms with Gasteiger partial charge < -0.3 is 15.0 Å². The van der Waals surface area contributed by atoms with Crippen molar-refractivity contribution >= 4 is 23.3 Å². The van der Waals surface area contributed by atoms with Gasteiger partial charge in [-0.3, -0.25) is 14.9 Å². The summed E-state index contributed by atoms with van der Waals surface area (Å²) < 4.78 is 4.76. The topological polar surface area (TPSA) is 102 Å². The van der Waals surface area contributed by atoms with Crippen LogP contribution in [0.15, 0.2) is 18.2 Å². The van der Waals surface area contributed by atoms with Crippen molar-refractivity contribution in [1.82, 2.24) is 5.32 Å². The summed E-state index contributed by atoms with van der Waals surface area (Å²) in [6.45, 7) is 1.33. The van der Waals surface area contributed by atoms with Crippen molar-refractivity contribution in [3.8, 4) is 0 Å². The minimum absolute atomic E-state index is 0.143. The van der Waals surface area contributed by atoms with E-state index in [1.807, 2.05) is 4.90 Å². The zero-order valence-corrected chi connectivity index (χ0v) is 14.1. The number of amides is 1. The summed E-state index contributed by atoms with van der Waals surface area (Å²) in [7, 11) is 1.25. The van der Waals surface area contributed by atoms with E-state index in [0.29, 0.717) is 18.8 Å². The number of nitro groups is 1. The molecule has 2 fully saturated rings. The number of anilines is 1. The number of methoxy groups -OCH3 is 1. The Balaban J connectivity index is 1.70. The summed E-state index contributed by atoms with van der Waals surface area (Å²) >= 11 is 0. The van der Waals surface area contributed by atoms with E-state index < -0.39 is 10.9 Å². The van der Waals surface area contributed by atoms with Crippen molar-refractivity contribution in [1.29, 1.82) is 0 Å². The molecule has 0 spiro atoms. The third-order valence-electron chi connectivity index (χ3n) is 4.73. The number of rotatable bonds is 5. The van der Waals surface area contributed by atoms with Gasteiger partial charge in [-0.05, 0) is 31.7 Å². The average Bonchev–Trinajstić information content (AvgIpc) is 3.46. The number of hydrogen-bond acceptors (Lipinski definition) is 6. The fourth-order valence-corrected chi connectivity index (χ4v) is 3.12. The maximum Gasteiger partial charge on any atom is 0.340 e.